The third-order valence-corrected chi connectivity index (χ3v) is 1.98. The monoisotopic (exact) mass is 222 g/mol. The molecule has 1 rings (SSSR count). The van der Waals surface area contributed by atoms with E-state index in [1.54, 1.807) is 31.4 Å². The number of carbonyl (C=O) groups is 2. The third-order valence-electron chi connectivity index (χ3n) is 1.98. The lowest BCUT2D eigenvalue weighted by Gasteiger charge is -2.05. The van der Waals surface area contributed by atoms with Crippen molar-refractivity contribution >= 4 is 12.3 Å². The van der Waals surface area contributed by atoms with Crippen molar-refractivity contribution in [1.82, 2.24) is 0 Å². The summed E-state index contributed by atoms with van der Waals surface area (Å²) in [5.74, 6) is 0.753. The molecule has 0 fully saturated rings. The normalized spacial score (nSPS) is 9.56. The van der Waals surface area contributed by atoms with Crippen LogP contribution in [0.1, 0.15) is 19.3 Å². The summed E-state index contributed by atoms with van der Waals surface area (Å²) in [6.45, 7) is 0. The fourth-order valence-electron chi connectivity index (χ4n) is 1.18. The molecule has 0 spiro atoms. The molecule has 4 heteroatoms. The zero-order valence-corrected chi connectivity index (χ0v) is 9.14. The topological polar surface area (TPSA) is 52.6 Å². The predicted molar refractivity (Wildman–Crippen MR) is 58.5 cm³/mol. The number of esters is 1. The molecule has 0 saturated heterocycles. The molecule has 1 aromatic rings. The van der Waals surface area contributed by atoms with E-state index in [9.17, 15) is 9.59 Å². The summed E-state index contributed by atoms with van der Waals surface area (Å²) in [6.07, 6.45) is 1.94. The minimum absolute atomic E-state index is 0.246. The van der Waals surface area contributed by atoms with Crippen LogP contribution in [-0.4, -0.2) is 19.4 Å². The molecule has 86 valence electrons. The van der Waals surface area contributed by atoms with Crippen molar-refractivity contribution in [2.24, 2.45) is 0 Å². The van der Waals surface area contributed by atoms with Gasteiger partial charge in [-0.25, -0.2) is 0 Å². The lowest BCUT2D eigenvalue weighted by atomic mass is 10.2. The summed E-state index contributed by atoms with van der Waals surface area (Å²) < 4.78 is 10.1. The second kappa shape index (κ2) is 6.61. The number of hydrogen-bond donors (Lipinski definition) is 0. The predicted octanol–water partition coefficient (Wildman–Crippen LogP) is 1.97. The summed E-state index contributed by atoms with van der Waals surface area (Å²) >= 11 is 0. The Morgan fingerprint density at radius 3 is 2.81 bits per heavy atom. The van der Waals surface area contributed by atoms with Gasteiger partial charge in [-0.1, -0.05) is 6.07 Å². The van der Waals surface area contributed by atoms with Crippen LogP contribution in [0.4, 0.5) is 0 Å². The Balaban J connectivity index is 2.45. The highest BCUT2D eigenvalue weighted by molar-refractivity contribution is 5.72. The zero-order chi connectivity index (χ0) is 11.8. The number of ether oxygens (including phenoxy) is 2. The van der Waals surface area contributed by atoms with Crippen LogP contribution in [0.2, 0.25) is 0 Å². The number of hydrogen-bond acceptors (Lipinski definition) is 4. The van der Waals surface area contributed by atoms with E-state index in [0.29, 0.717) is 24.3 Å². The molecule has 0 saturated carbocycles. The molecule has 0 amide bonds. The van der Waals surface area contributed by atoms with Crippen LogP contribution in [0.5, 0.6) is 11.5 Å². The van der Waals surface area contributed by atoms with E-state index in [4.69, 9.17) is 9.47 Å². The van der Waals surface area contributed by atoms with E-state index in [1.165, 1.54) is 0 Å². The highest BCUT2D eigenvalue weighted by atomic mass is 16.5. The molecule has 1 aromatic carbocycles. The van der Waals surface area contributed by atoms with Crippen molar-refractivity contribution in [2.75, 3.05) is 7.11 Å². The first-order chi connectivity index (χ1) is 7.76. The maximum absolute atomic E-state index is 11.3. The molecular weight excluding hydrogens is 208 g/mol. The Hall–Kier alpha value is -1.84. The van der Waals surface area contributed by atoms with Gasteiger partial charge in [0.1, 0.15) is 17.8 Å². The molecule has 0 aliphatic heterocycles. The van der Waals surface area contributed by atoms with E-state index in [0.717, 1.165) is 6.29 Å². The van der Waals surface area contributed by atoms with Crippen LogP contribution < -0.4 is 9.47 Å². The van der Waals surface area contributed by atoms with E-state index in [-0.39, 0.29) is 12.4 Å². The van der Waals surface area contributed by atoms with Crippen LogP contribution in [0.25, 0.3) is 0 Å². The van der Waals surface area contributed by atoms with E-state index < -0.39 is 0 Å². The first kappa shape index (κ1) is 12.2. The van der Waals surface area contributed by atoms with Gasteiger partial charge in [0.25, 0.3) is 0 Å². The molecule has 0 unspecified atom stereocenters. The summed E-state index contributed by atoms with van der Waals surface area (Å²) in [5.41, 5.74) is 0. The molecule has 0 heterocycles. The SMILES string of the molecule is COc1cccc(OC(=O)CCCC=O)c1. The Bertz CT molecular complexity index is 360. The van der Waals surface area contributed by atoms with Gasteiger partial charge in [0.05, 0.1) is 7.11 Å². The van der Waals surface area contributed by atoms with Crippen LogP contribution in [0, 0.1) is 0 Å². The second-order valence-electron chi connectivity index (χ2n) is 3.21. The van der Waals surface area contributed by atoms with Crippen molar-refractivity contribution in [2.45, 2.75) is 19.3 Å². The lowest BCUT2D eigenvalue weighted by molar-refractivity contribution is -0.134. The van der Waals surface area contributed by atoms with Crippen molar-refractivity contribution in [1.29, 1.82) is 0 Å². The number of unbranched alkanes of at least 4 members (excludes halogenated alkanes) is 1. The van der Waals surface area contributed by atoms with Crippen molar-refractivity contribution in [3.05, 3.63) is 24.3 Å². The summed E-state index contributed by atoms with van der Waals surface area (Å²) in [4.78, 5) is 21.4. The zero-order valence-electron chi connectivity index (χ0n) is 9.14. The van der Waals surface area contributed by atoms with Crippen LogP contribution >= 0.6 is 0 Å². The van der Waals surface area contributed by atoms with Gasteiger partial charge < -0.3 is 14.3 Å². The van der Waals surface area contributed by atoms with E-state index in [2.05, 4.69) is 0 Å². The van der Waals surface area contributed by atoms with Crippen molar-refractivity contribution in [3.63, 3.8) is 0 Å². The van der Waals surface area contributed by atoms with Gasteiger partial charge >= 0.3 is 5.97 Å². The average Bonchev–Trinajstić information content (AvgIpc) is 2.29. The highest BCUT2D eigenvalue weighted by Crippen LogP contribution is 2.19. The van der Waals surface area contributed by atoms with Crippen LogP contribution in [-0.2, 0) is 9.59 Å². The standard InChI is InChI=1S/C12H14O4/c1-15-10-5-4-6-11(9-10)16-12(14)7-2-3-8-13/h4-6,8-9H,2-3,7H2,1H3. The first-order valence-electron chi connectivity index (χ1n) is 5.04. The van der Waals surface area contributed by atoms with Crippen LogP contribution in [0.3, 0.4) is 0 Å². The molecule has 0 aliphatic carbocycles. The summed E-state index contributed by atoms with van der Waals surface area (Å²) in [6, 6.07) is 6.83. The molecule has 0 N–H and O–H groups in total. The molecule has 0 radical (unpaired) electrons. The van der Waals surface area contributed by atoms with Gasteiger partial charge in [-0.2, -0.15) is 0 Å². The van der Waals surface area contributed by atoms with Gasteiger partial charge in [-0.05, 0) is 18.6 Å². The average molecular weight is 222 g/mol. The quantitative estimate of drug-likeness (QED) is 0.319. The smallest absolute Gasteiger partial charge is 0.311 e. The van der Waals surface area contributed by atoms with E-state index >= 15 is 0 Å². The maximum Gasteiger partial charge on any atom is 0.311 e. The van der Waals surface area contributed by atoms with Gasteiger partial charge in [0.2, 0.25) is 0 Å². The Morgan fingerprint density at radius 2 is 2.12 bits per heavy atom. The number of rotatable bonds is 6. The Labute approximate surface area is 94.2 Å². The highest BCUT2D eigenvalue weighted by Gasteiger charge is 2.05. The minimum atomic E-state index is -0.338. The maximum atomic E-state index is 11.3. The number of methoxy groups -OCH3 is 1. The Kier molecular flexibility index (Phi) is 5.05. The summed E-state index contributed by atoms with van der Waals surface area (Å²) in [7, 11) is 1.55. The number of aldehydes is 1. The third kappa shape index (κ3) is 4.13. The van der Waals surface area contributed by atoms with Gasteiger partial charge in [0, 0.05) is 18.9 Å². The van der Waals surface area contributed by atoms with E-state index in [1.807, 2.05) is 0 Å². The Morgan fingerprint density at radius 1 is 1.38 bits per heavy atom. The molecule has 0 aliphatic rings. The second-order valence-corrected chi connectivity index (χ2v) is 3.21. The molecule has 0 bridgehead atoms. The summed E-state index contributed by atoms with van der Waals surface area (Å²) in [5, 5.41) is 0. The fraction of sp³-hybridized carbons (Fsp3) is 0.333. The molecule has 4 nitrogen and oxygen atoms in total. The fourth-order valence-corrected chi connectivity index (χ4v) is 1.18. The molecule has 16 heavy (non-hydrogen) atoms. The molecule has 0 atom stereocenters. The van der Waals surface area contributed by atoms with Crippen molar-refractivity contribution < 1.29 is 19.1 Å². The van der Waals surface area contributed by atoms with Crippen molar-refractivity contribution in [3.8, 4) is 11.5 Å². The largest absolute Gasteiger partial charge is 0.497 e. The number of benzene rings is 1. The van der Waals surface area contributed by atoms with Gasteiger partial charge in [-0.15, -0.1) is 0 Å². The van der Waals surface area contributed by atoms with Crippen LogP contribution in [0.15, 0.2) is 24.3 Å². The molecule has 0 aromatic heterocycles. The minimum Gasteiger partial charge on any atom is -0.497 e. The lowest BCUT2D eigenvalue weighted by Crippen LogP contribution is -2.07. The van der Waals surface area contributed by atoms with Gasteiger partial charge in [-0.3, -0.25) is 4.79 Å². The first-order valence-corrected chi connectivity index (χ1v) is 5.04. The number of carbonyl (C=O) groups excluding carboxylic acids is 2. The molecular formula is C12H14O4. The van der Waals surface area contributed by atoms with Gasteiger partial charge in [0.15, 0.2) is 0 Å².